The zero-order valence-electron chi connectivity index (χ0n) is 8.55. The molecule has 13 heavy (non-hydrogen) atoms. The lowest BCUT2D eigenvalue weighted by Crippen LogP contribution is -2.50. The third-order valence-electron chi connectivity index (χ3n) is 3.44. The molecule has 2 heterocycles. The Morgan fingerprint density at radius 3 is 3.08 bits per heavy atom. The minimum Gasteiger partial charge on any atom is -0.377 e. The zero-order valence-corrected chi connectivity index (χ0v) is 8.55. The number of allylic oxidation sites excluding steroid dienone is 2. The lowest BCUT2D eigenvalue weighted by Gasteiger charge is -2.46. The Hall–Kier alpha value is -0.655. The number of hydrogen-bond acceptors (Lipinski definition) is 1. The summed E-state index contributed by atoms with van der Waals surface area (Å²) in [6.45, 7) is 7.58. The van der Waals surface area contributed by atoms with Gasteiger partial charge >= 0.3 is 0 Å². The molecule has 2 aliphatic rings. The quantitative estimate of drug-likeness (QED) is 0.509. The number of rotatable bonds is 0. The molecule has 0 radical (unpaired) electrons. The number of hydrogen-bond donors (Lipinski definition) is 0. The van der Waals surface area contributed by atoms with E-state index in [9.17, 15) is 0 Å². The summed E-state index contributed by atoms with van der Waals surface area (Å²) in [6, 6.07) is 0. The van der Waals surface area contributed by atoms with Crippen molar-refractivity contribution < 1.29 is 0 Å². The van der Waals surface area contributed by atoms with E-state index in [2.05, 4.69) is 24.5 Å². The Balaban J connectivity index is 2.12. The second-order valence-corrected chi connectivity index (χ2v) is 4.14. The molecule has 0 bridgehead atoms. The smallest absolute Gasteiger partial charge is 0.149 e. The maximum absolute atomic E-state index is 4.21. The van der Waals surface area contributed by atoms with Crippen molar-refractivity contribution in [2.75, 3.05) is 6.54 Å². The minimum absolute atomic E-state index is 0.822. The van der Waals surface area contributed by atoms with Gasteiger partial charge in [0.15, 0.2) is 0 Å². The van der Waals surface area contributed by atoms with Gasteiger partial charge < -0.3 is 4.90 Å². The molecule has 0 aliphatic carbocycles. The van der Waals surface area contributed by atoms with E-state index in [1.807, 2.05) is 0 Å². The summed E-state index contributed by atoms with van der Waals surface area (Å²) in [7, 11) is 1.38. The highest BCUT2D eigenvalue weighted by Crippen LogP contribution is 2.31. The third-order valence-corrected chi connectivity index (χ3v) is 3.44. The first-order chi connectivity index (χ1) is 6.33. The Labute approximate surface area is 81.7 Å². The Bertz CT molecular complexity index is 244. The second kappa shape index (κ2) is 3.61. The predicted octanol–water partition coefficient (Wildman–Crippen LogP) is 2.13. The molecule has 0 amide bonds. The molecule has 0 aromatic carbocycles. The van der Waals surface area contributed by atoms with Gasteiger partial charge in [0.1, 0.15) is 7.28 Å². The fraction of sp³-hybridized carbons (Fsp3) is 0.636. The third kappa shape index (κ3) is 1.54. The maximum atomic E-state index is 4.21. The molecule has 2 saturated heterocycles. The Morgan fingerprint density at radius 2 is 2.46 bits per heavy atom. The van der Waals surface area contributed by atoms with Crippen LogP contribution in [0.15, 0.2) is 23.9 Å². The first-order valence-electron chi connectivity index (χ1n) is 5.44. The largest absolute Gasteiger partial charge is 0.377 e. The Morgan fingerprint density at radius 1 is 1.62 bits per heavy atom. The molecule has 0 N–H and O–H groups in total. The van der Waals surface area contributed by atoms with Crippen LogP contribution in [0.4, 0.5) is 0 Å². The molecule has 0 saturated carbocycles. The predicted molar refractivity (Wildman–Crippen MR) is 59.2 cm³/mol. The molecular formula is C11H18BN. The SMILES string of the molecule is C=C1/C(=C\C)CCCBC2CCN12. The van der Waals surface area contributed by atoms with Gasteiger partial charge in [0.2, 0.25) is 0 Å². The molecule has 70 valence electrons. The normalized spacial score (nSPS) is 31.5. The molecule has 1 unspecified atom stereocenters. The van der Waals surface area contributed by atoms with Crippen LogP contribution in [-0.2, 0) is 0 Å². The molecule has 2 aliphatic heterocycles. The fourth-order valence-corrected chi connectivity index (χ4v) is 2.43. The van der Waals surface area contributed by atoms with E-state index in [4.69, 9.17) is 0 Å². The fourth-order valence-electron chi connectivity index (χ4n) is 2.43. The van der Waals surface area contributed by atoms with Crippen LogP contribution in [0.1, 0.15) is 26.2 Å². The van der Waals surface area contributed by atoms with E-state index in [1.165, 1.54) is 50.7 Å². The van der Waals surface area contributed by atoms with Gasteiger partial charge in [0, 0.05) is 18.2 Å². The summed E-state index contributed by atoms with van der Waals surface area (Å²) in [6.07, 6.45) is 7.60. The zero-order chi connectivity index (χ0) is 9.26. The van der Waals surface area contributed by atoms with Crippen LogP contribution >= 0.6 is 0 Å². The molecule has 0 aromatic heterocycles. The van der Waals surface area contributed by atoms with E-state index in [0.717, 1.165) is 5.94 Å². The maximum Gasteiger partial charge on any atom is 0.149 e. The monoisotopic (exact) mass is 175 g/mol. The summed E-state index contributed by atoms with van der Waals surface area (Å²) in [5.74, 6) is 0.822. The van der Waals surface area contributed by atoms with E-state index in [1.54, 1.807) is 0 Å². The average molecular weight is 175 g/mol. The lowest BCUT2D eigenvalue weighted by atomic mass is 9.59. The van der Waals surface area contributed by atoms with Gasteiger partial charge in [-0.25, -0.2) is 0 Å². The molecule has 1 atom stereocenters. The van der Waals surface area contributed by atoms with Gasteiger partial charge in [-0.15, -0.1) is 0 Å². The van der Waals surface area contributed by atoms with Gasteiger partial charge in [-0.2, -0.15) is 0 Å². The van der Waals surface area contributed by atoms with Gasteiger partial charge in [-0.3, -0.25) is 0 Å². The summed E-state index contributed by atoms with van der Waals surface area (Å²) < 4.78 is 0. The summed E-state index contributed by atoms with van der Waals surface area (Å²) in [5, 5.41) is 0. The van der Waals surface area contributed by atoms with Crippen molar-refractivity contribution in [3.05, 3.63) is 23.9 Å². The highest BCUT2D eigenvalue weighted by Gasteiger charge is 2.30. The molecular weight excluding hydrogens is 157 g/mol. The molecule has 2 rings (SSSR count). The lowest BCUT2D eigenvalue weighted by molar-refractivity contribution is 0.201. The molecule has 0 spiro atoms. The van der Waals surface area contributed by atoms with Crippen molar-refractivity contribution in [1.82, 2.24) is 4.90 Å². The number of nitrogens with zero attached hydrogens (tertiary/aromatic N) is 1. The highest BCUT2D eigenvalue weighted by molar-refractivity contribution is 6.38. The van der Waals surface area contributed by atoms with Crippen molar-refractivity contribution in [2.24, 2.45) is 0 Å². The van der Waals surface area contributed by atoms with E-state index in [-0.39, 0.29) is 0 Å². The van der Waals surface area contributed by atoms with Crippen molar-refractivity contribution in [3.63, 3.8) is 0 Å². The number of fused-ring (bicyclic) bond motifs is 1. The molecule has 0 aromatic rings. The first-order valence-corrected chi connectivity index (χ1v) is 5.44. The van der Waals surface area contributed by atoms with Gasteiger partial charge in [-0.05, 0) is 25.3 Å². The standard InChI is InChI=1S/C11H18BN/c1-3-10-5-4-7-12-11-6-8-13(11)9(10)2/h3,11-12H,2,4-8H2,1H3/b10-3-. The van der Waals surface area contributed by atoms with E-state index in [0.29, 0.717) is 0 Å². The molecule has 2 heteroatoms. The topological polar surface area (TPSA) is 3.24 Å². The van der Waals surface area contributed by atoms with Crippen LogP contribution in [0, 0.1) is 0 Å². The molecule has 1 nitrogen and oxygen atoms in total. The van der Waals surface area contributed by atoms with E-state index < -0.39 is 0 Å². The second-order valence-electron chi connectivity index (χ2n) is 4.14. The minimum atomic E-state index is 0.822. The summed E-state index contributed by atoms with van der Waals surface area (Å²) in [4.78, 5) is 2.49. The van der Waals surface area contributed by atoms with Crippen molar-refractivity contribution in [3.8, 4) is 0 Å². The van der Waals surface area contributed by atoms with Crippen molar-refractivity contribution in [2.45, 2.75) is 38.4 Å². The highest BCUT2D eigenvalue weighted by atomic mass is 15.2. The van der Waals surface area contributed by atoms with Crippen LogP contribution in [0.5, 0.6) is 0 Å². The average Bonchev–Trinajstić information content (AvgIpc) is 2.07. The summed E-state index contributed by atoms with van der Waals surface area (Å²) >= 11 is 0. The van der Waals surface area contributed by atoms with Crippen molar-refractivity contribution >= 4 is 7.28 Å². The van der Waals surface area contributed by atoms with Gasteiger partial charge in [-0.1, -0.05) is 25.4 Å². The first kappa shape index (κ1) is 8.92. The van der Waals surface area contributed by atoms with Crippen LogP contribution in [0.2, 0.25) is 6.32 Å². The summed E-state index contributed by atoms with van der Waals surface area (Å²) in [5.41, 5.74) is 2.78. The Kier molecular flexibility index (Phi) is 2.48. The van der Waals surface area contributed by atoms with E-state index >= 15 is 0 Å². The van der Waals surface area contributed by atoms with Gasteiger partial charge in [0.25, 0.3) is 0 Å². The van der Waals surface area contributed by atoms with Crippen LogP contribution in [0.25, 0.3) is 0 Å². The van der Waals surface area contributed by atoms with Gasteiger partial charge in [0.05, 0.1) is 0 Å². The molecule has 2 fully saturated rings. The van der Waals surface area contributed by atoms with Crippen LogP contribution in [-0.4, -0.2) is 24.7 Å². The van der Waals surface area contributed by atoms with Crippen LogP contribution < -0.4 is 0 Å². The van der Waals surface area contributed by atoms with Crippen LogP contribution in [0.3, 0.4) is 0 Å². The van der Waals surface area contributed by atoms with Crippen molar-refractivity contribution in [1.29, 1.82) is 0 Å².